The van der Waals surface area contributed by atoms with Gasteiger partial charge in [0.25, 0.3) is 0 Å². The van der Waals surface area contributed by atoms with Crippen LogP contribution in [0.2, 0.25) is 0 Å². The maximum Gasteiger partial charge on any atom is 0.313 e. The van der Waals surface area contributed by atoms with Gasteiger partial charge in [-0.25, -0.2) is 0 Å². The molecule has 0 radical (unpaired) electrons. The van der Waals surface area contributed by atoms with Crippen molar-refractivity contribution in [3.05, 3.63) is 59.2 Å². The lowest BCUT2D eigenvalue weighted by Crippen LogP contribution is -3.11. The quantitative estimate of drug-likeness (QED) is 0.638. The van der Waals surface area contributed by atoms with Crippen LogP contribution in [0.3, 0.4) is 0 Å². The van der Waals surface area contributed by atoms with Gasteiger partial charge < -0.3 is 20.4 Å². The minimum absolute atomic E-state index is 0.140. The summed E-state index contributed by atoms with van der Waals surface area (Å²) in [5, 5.41) is 5.59. The van der Waals surface area contributed by atoms with Gasteiger partial charge in [0.1, 0.15) is 6.04 Å². The van der Waals surface area contributed by atoms with Gasteiger partial charge in [-0.15, -0.1) is 0 Å². The Kier molecular flexibility index (Phi) is 7.11. The molecule has 1 aliphatic rings. The molecule has 2 aromatic carbocycles. The smallest absolute Gasteiger partial charge is 0.313 e. The predicted octanol–water partition coefficient (Wildman–Crippen LogP) is 1.84. The number of benzene rings is 2. The molecule has 1 fully saturated rings. The third-order valence-electron chi connectivity index (χ3n) is 5.85. The number of carbonyl (C=O) groups excluding carboxylic acids is 2. The number of quaternary nitrogens is 1. The maximum atomic E-state index is 12.5. The van der Waals surface area contributed by atoms with Gasteiger partial charge in [-0.05, 0) is 37.6 Å². The lowest BCUT2D eigenvalue weighted by molar-refractivity contribution is -0.918. The number of hydrogen-bond acceptors (Lipinski definition) is 3. The average molecular weight is 410 g/mol. The van der Waals surface area contributed by atoms with Crippen LogP contribution in [-0.2, 0) is 9.59 Å². The van der Waals surface area contributed by atoms with Crippen molar-refractivity contribution in [2.45, 2.75) is 32.7 Å². The fourth-order valence-electron chi connectivity index (χ4n) is 4.09. The van der Waals surface area contributed by atoms with Crippen LogP contribution in [0.25, 0.3) is 0 Å². The Labute approximate surface area is 179 Å². The largest absolute Gasteiger partial charge is 0.378 e. The van der Waals surface area contributed by atoms with E-state index in [1.54, 1.807) is 0 Å². The number of nitrogens with zero attached hydrogens (tertiary/aromatic N) is 1. The molecule has 30 heavy (non-hydrogen) atoms. The molecule has 0 saturated carbocycles. The van der Waals surface area contributed by atoms with E-state index in [-0.39, 0.29) is 6.04 Å². The normalized spacial score (nSPS) is 14.9. The molecule has 0 aliphatic carbocycles. The second-order valence-electron chi connectivity index (χ2n) is 8.39. The number of carbonyl (C=O) groups is 2. The lowest BCUT2D eigenvalue weighted by Gasteiger charge is -2.25. The maximum absolute atomic E-state index is 12.5. The van der Waals surface area contributed by atoms with Crippen molar-refractivity contribution in [2.24, 2.45) is 0 Å². The van der Waals surface area contributed by atoms with E-state index in [2.05, 4.69) is 39.8 Å². The fourth-order valence-corrected chi connectivity index (χ4v) is 4.09. The monoisotopic (exact) mass is 409 g/mol. The second-order valence-corrected chi connectivity index (χ2v) is 8.39. The molecule has 1 aliphatic heterocycles. The first-order valence-corrected chi connectivity index (χ1v) is 10.6. The number of rotatable bonds is 6. The number of aryl methyl sites for hydroxylation is 2. The zero-order chi connectivity index (χ0) is 21.7. The standard InChI is InChI=1S/C24H32N4O2/c1-17-7-12-21(18(2)15-17)26-24(30)23(29)25-16-22(28-13-5-6-14-28)19-8-10-20(11-9-19)27(3)4/h7-12,15,22H,5-6,13-14,16H2,1-4H3,(H,25,29)(H,26,30)/p+1/t22-/m0/s1. The summed E-state index contributed by atoms with van der Waals surface area (Å²) in [6, 6.07) is 14.3. The zero-order valence-corrected chi connectivity index (χ0v) is 18.4. The summed E-state index contributed by atoms with van der Waals surface area (Å²) < 4.78 is 0. The fraction of sp³-hybridized carbons (Fsp3) is 0.417. The summed E-state index contributed by atoms with van der Waals surface area (Å²) in [5.41, 5.74) is 5.06. The minimum Gasteiger partial charge on any atom is -0.378 e. The molecule has 1 heterocycles. The first-order chi connectivity index (χ1) is 14.3. The molecule has 0 unspecified atom stereocenters. The van der Waals surface area contributed by atoms with Crippen LogP contribution < -0.4 is 20.4 Å². The van der Waals surface area contributed by atoms with Crippen molar-refractivity contribution < 1.29 is 14.5 Å². The molecule has 0 bridgehead atoms. The summed E-state index contributed by atoms with van der Waals surface area (Å²) in [7, 11) is 4.04. The van der Waals surface area contributed by atoms with Gasteiger partial charge in [0, 0.05) is 43.9 Å². The van der Waals surface area contributed by atoms with E-state index in [1.807, 2.05) is 46.1 Å². The molecule has 0 aromatic heterocycles. The molecular weight excluding hydrogens is 376 g/mol. The summed E-state index contributed by atoms with van der Waals surface area (Å²) in [6.45, 7) is 6.53. The van der Waals surface area contributed by atoms with Crippen LogP contribution in [0.15, 0.2) is 42.5 Å². The van der Waals surface area contributed by atoms with Gasteiger partial charge >= 0.3 is 11.8 Å². The Morgan fingerprint density at radius 1 is 1.00 bits per heavy atom. The van der Waals surface area contributed by atoms with Crippen LogP contribution in [0.1, 0.15) is 35.6 Å². The number of nitrogens with one attached hydrogen (secondary N) is 3. The summed E-state index contributed by atoms with van der Waals surface area (Å²) in [6.07, 6.45) is 2.39. The van der Waals surface area contributed by atoms with E-state index in [1.165, 1.54) is 23.3 Å². The van der Waals surface area contributed by atoms with Crippen molar-refractivity contribution in [2.75, 3.05) is 43.9 Å². The summed E-state index contributed by atoms with van der Waals surface area (Å²) >= 11 is 0. The van der Waals surface area contributed by atoms with Gasteiger partial charge in [0.05, 0.1) is 19.6 Å². The van der Waals surface area contributed by atoms with Crippen molar-refractivity contribution in [1.29, 1.82) is 0 Å². The third kappa shape index (κ3) is 5.39. The number of amides is 2. The molecule has 3 N–H and O–H groups in total. The molecule has 1 atom stereocenters. The van der Waals surface area contributed by atoms with Crippen molar-refractivity contribution in [3.8, 4) is 0 Å². The first kappa shape index (κ1) is 21.8. The van der Waals surface area contributed by atoms with Crippen molar-refractivity contribution >= 4 is 23.2 Å². The number of hydrogen-bond donors (Lipinski definition) is 3. The highest BCUT2D eigenvalue weighted by atomic mass is 16.2. The Morgan fingerprint density at radius 2 is 1.67 bits per heavy atom. The second kappa shape index (κ2) is 9.76. The van der Waals surface area contributed by atoms with Gasteiger partial charge in [0.2, 0.25) is 0 Å². The summed E-state index contributed by atoms with van der Waals surface area (Å²) in [4.78, 5) is 28.4. The molecule has 3 rings (SSSR count). The van der Waals surface area contributed by atoms with Crippen LogP contribution in [-0.4, -0.2) is 45.5 Å². The van der Waals surface area contributed by atoms with Crippen LogP contribution in [0.5, 0.6) is 0 Å². The van der Waals surface area contributed by atoms with Crippen LogP contribution >= 0.6 is 0 Å². The van der Waals surface area contributed by atoms with Gasteiger partial charge in [-0.3, -0.25) is 9.59 Å². The molecule has 2 aromatic rings. The Morgan fingerprint density at radius 3 is 2.27 bits per heavy atom. The molecule has 2 amide bonds. The van der Waals surface area contributed by atoms with E-state index in [0.717, 1.165) is 29.9 Å². The summed E-state index contributed by atoms with van der Waals surface area (Å²) in [5.74, 6) is -1.22. The van der Waals surface area contributed by atoms with E-state index >= 15 is 0 Å². The number of likely N-dealkylation sites (tertiary alicyclic amines) is 1. The molecule has 6 nitrogen and oxygen atoms in total. The van der Waals surface area contributed by atoms with E-state index < -0.39 is 11.8 Å². The van der Waals surface area contributed by atoms with Gasteiger partial charge in [0.15, 0.2) is 0 Å². The molecular formula is C24H33N4O2+. The Balaban J connectivity index is 1.65. The van der Waals surface area contributed by atoms with Crippen LogP contribution in [0.4, 0.5) is 11.4 Å². The first-order valence-electron chi connectivity index (χ1n) is 10.6. The number of anilines is 2. The van der Waals surface area contributed by atoms with Gasteiger partial charge in [-0.2, -0.15) is 0 Å². The van der Waals surface area contributed by atoms with Crippen molar-refractivity contribution in [1.82, 2.24) is 5.32 Å². The van der Waals surface area contributed by atoms with E-state index in [9.17, 15) is 9.59 Å². The molecule has 0 spiro atoms. The van der Waals surface area contributed by atoms with E-state index in [4.69, 9.17) is 0 Å². The molecule has 160 valence electrons. The minimum atomic E-state index is -0.625. The Bertz CT molecular complexity index is 887. The zero-order valence-electron chi connectivity index (χ0n) is 18.4. The van der Waals surface area contributed by atoms with Crippen LogP contribution in [0, 0.1) is 13.8 Å². The topological polar surface area (TPSA) is 65.9 Å². The molecule has 1 saturated heterocycles. The highest BCUT2D eigenvalue weighted by Crippen LogP contribution is 2.18. The highest BCUT2D eigenvalue weighted by molar-refractivity contribution is 6.39. The molecule has 6 heteroatoms. The lowest BCUT2D eigenvalue weighted by atomic mass is 10.0. The van der Waals surface area contributed by atoms with Gasteiger partial charge in [-0.1, -0.05) is 29.8 Å². The van der Waals surface area contributed by atoms with E-state index in [0.29, 0.717) is 12.2 Å². The third-order valence-corrected chi connectivity index (χ3v) is 5.85. The predicted molar refractivity (Wildman–Crippen MR) is 121 cm³/mol. The highest BCUT2D eigenvalue weighted by Gasteiger charge is 2.28. The Hall–Kier alpha value is -2.86. The average Bonchev–Trinajstić information content (AvgIpc) is 3.25. The SMILES string of the molecule is Cc1ccc(NC(=O)C(=O)NC[C@@H](c2ccc(N(C)C)cc2)[NH+]2CCCC2)c(C)c1. The van der Waals surface area contributed by atoms with Crippen molar-refractivity contribution in [3.63, 3.8) is 0 Å².